The van der Waals surface area contributed by atoms with E-state index < -0.39 is 5.97 Å². The van der Waals surface area contributed by atoms with Gasteiger partial charge >= 0.3 is 5.97 Å². The maximum absolute atomic E-state index is 13.1. The van der Waals surface area contributed by atoms with Gasteiger partial charge < -0.3 is 9.62 Å². The number of carbonyl (C=O) groups is 2. The lowest BCUT2D eigenvalue weighted by molar-refractivity contribution is -0.217. The molecular weight excluding hydrogens is 624 g/mol. The maximum Gasteiger partial charge on any atom is 0.343 e. The molecule has 7 nitrogen and oxygen atoms in total. The second-order valence-corrected chi connectivity index (χ2v) is 11.7. The van der Waals surface area contributed by atoms with Gasteiger partial charge in [-0.2, -0.15) is 4.89 Å². The first-order chi connectivity index (χ1) is 24.4. The SMILES string of the molecule is Cc1ccc(N=Cc2ccc(COOc3ccc(C(=O)c4ccc(C(=O)Oc5ccc(C=Nc6ccc(C)cc6)cc5)cc4)cc3)cc2)cc1. The highest BCUT2D eigenvalue weighted by molar-refractivity contribution is 6.09. The number of esters is 1. The fraction of sp³-hybridized carbons (Fsp3) is 0.0698. The molecule has 0 saturated heterocycles. The molecule has 6 aromatic carbocycles. The first-order valence-corrected chi connectivity index (χ1v) is 16.0. The Morgan fingerprint density at radius 2 is 0.960 bits per heavy atom. The average Bonchev–Trinajstić information content (AvgIpc) is 3.15. The van der Waals surface area contributed by atoms with Crippen LogP contribution in [0.5, 0.6) is 11.5 Å². The number of nitrogens with zero attached hydrogens (tertiary/aromatic N) is 2. The fourth-order valence-electron chi connectivity index (χ4n) is 4.80. The fourth-order valence-corrected chi connectivity index (χ4v) is 4.80. The summed E-state index contributed by atoms with van der Waals surface area (Å²) < 4.78 is 5.52. The summed E-state index contributed by atoms with van der Waals surface area (Å²) in [4.78, 5) is 45.6. The zero-order valence-corrected chi connectivity index (χ0v) is 27.7. The molecule has 0 N–H and O–H groups in total. The first kappa shape index (κ1) is 33.5. The Hall–Kier alpha value is -6.44. The van der Waals surface area contributed by atoms with Crippen LogP contribution in [0.15, 0.2) is 156 Å². The van der Waals surface area contributed by atoms with Crippen LogP contribution < -0.4 is 9.62 Å². The van der Waals surface area contributed by atoms with Crippen molar-refractivity contribution < 1.29 is 24.1 Å². The van der Waals surface area contributed by atoms with Crippen molar-refractivity contribution >= 4 is 35.6 Å². The molecule has 246 valence electrons. The van der Waals surface area contributed by atoms with Gasteiger partial charge in [0.05, 0.1) is 16.9 Å². The molecule has 6 rings (SSSR count). The third-order valence-electron chi connectivity index (χ3n) is 7.74. The number of rotatable bonds is 12. The number of ketones is 1. The van der Waals surface area contributed by atoms with Crippen molar-refractivity contribution in [3.05, 3.63) is 190 Å². The molecule has 0 aliphatic carbocycles. The van der Waals surface area contributed by atoms with Crippen LogP contribution in [0.25, 0.3) is 0 Å². The molecule has 7 heteroatoms. The first-order valence-electron chi connectivity index (χ1n) is 16.0. The number of carbonyl (C=O) groups excluding carboxylic acids is 2. The molecule has 0 fully saturated rings. The molecule has 0 atom stereocenters. The van der Waals surface area contributed by atoms with Gasteiger partial charge in [0.1, 0.15) is 12.4 Å². The zero-order valence-electron chi connectivity index (χ0n) is 27.7. The van der Waals surface area contributed by atoms with Gasteiger partial charge in [0.2, 0.25) is 0 Å². The zero-order chi connectivity index (χ0) is 34.7. The summed E-state index contributed by atoms with van der Waals surface area (Å²) in [6.07, 6.45) is 3.58. The third-order valence-corrected chi connectivity index (χ3v) is 7.74. The van der Waals surface area contributed by atoms with Crippen LogP contribution in [0.4, 0.5) is 11.4 Å². The molecule has 0 unspecified atom stereocenters. The summed E-state index contributed by atoms with van der Waals surface area (Å²) in [6, 6.07) is 43.9. The van der Waals surface area contributed by atoms with E-state index in [1.165, 1.54) is 11.1 Å². The van der Waals surface area contributed by atoms with E-state index in [-0.39, 0.29) is 12.4 Å². The quantitative estimate of drug-likeness (QED) is 0.0326. The smallest absolute Gasteiger partial charge is 0.343 e. The van der Waals surface area contributed by atoms with Crippen LogP contribution in [0.3, 0.4) is 0 Å². The molecule has 0 spiro atoms. The average molecular weight is 659 g/mol. The number of hydrogen-bond donors (Lipinski definition) is 0. The molecule has 0 aliphatic heterocycles. The van der Waals surface area contributed by atoms with Crippen LogP contribution in [0.1, 0.15) is 54.1 Å². The van der Waals surface area contributed by atoms with Crippen LogP contribution in [-0.4, -0.2) is 24.2 Å². The normalized spacial score (nSPS) is 11.2. The molecule has 0 aromatic heterocycles. The van der Waals surface area contributed by atoms with Crippen molar-refractivity contribution in [2.24, 2.45) is 9.98 Å². The Labute approximate surface area is 291 Å². The Balaban J connectivity index is 0.956. The summed E-state index contributed by atoms with van der Waals surface area (Å²) in [5, 5.41) is 0. The lowest BCUT2D eigenvalue weighted by Gasteiger charge is -2.07. The van der Waals surface area contributed by atoms with E-state index in [2.05, 4.69) is 9.98 Å². The number of hydrogen-bond acceptors (Lipinski definition) is 7. The second-order valence-electron chi connectivity index (χ2n) is 11.7. The van der Waals surface area contributed by atoms with Crippen molar-refractivity contribution in [3.63, 3.8) is 0 Å². The minimum absolute atomic E-state index is 0.189. The van der Waals surface area contributed by atoms with Gasteiger partial charge in [0.15, 0.2) is 11.5 Å². The van der Waals surface area contributed by atoms with Crippen molar-refractivity contribution in [1.82, 2.24) is 0 Å². The van der Waals surface area contributed by atoms with Gasteiger partial charge in [-0.05, 0) is 115 Å². The van der Waals surface area contributed by atoms with E-state index in [1.807, 2.05) is 105 Å². The van der Waals surface area contributed by atoms with Crippen LogP contribution >= 0.6 is 0 Å². The van der Waals surface area contributed by atoms with Gasteiger partial charge in [0, 0.05) is 23.6 Å². The Bertz CT molecular complexity index is 2100. The number of ether oxygens (including phenoxy) is 1. The summed E-state index contributed by atoms with van der Waals surface area (Å²) in [6.45, 7) is 4.33. The largest absolute Gasteiger partial charge is 0.423 e. The molecule has 6 aromatic rings. The summed E-state index contributed by atoms with van der Waals surface area (Å²) in [7, 11) is 0. The summed E-state index contributed by atoms with van der Waals surface area (Å²) in [5.74, 6) is 0.167. The van der Waals surface area contributed by atoms with E-state index in [0.29, 0.717) is 28.2 Å². The highest BCUT2D eigenvalue weighted by Gasteiger charge is 2.13. The van der Waals surface area contributed by atoms with Crippen molar-refractivity contribution in [2.45, 2.75) is 20.5 Å². The van der Waals surface area contributed by atoms with Gasteiger partial charge in [-0.15, -0.1) is 0 Å². The summed E-state index contributed by atoms with van der Waals surface area (Å²) in [5.41, 5.74) is 8.18. The third kappa shape index (κ3) is 9.34. The van der Waals surface area contributed by atoms with Crippen molar-refractivity contribution in [1.29, 1.82) is 0 Å². The minimum Gasteiger partial charge on any atom is -0.423 e. The molecule has 0 aliphatic rings. The van der Waals surface area contributed by atoms with Crippen LogP contribution in [0.2, 0.25) is 0 Å². The highest BCUT2D eigenvalue weighted by Crippen LogP contribution is 2.20. The lowest BCUT2D eigenvalue weighted by Crippen LogP contribution is -2.09. The number of aliphatic imine (C=N–C) groups is 2. The topological polar surface area (TPSA) is 86.6 Å². The lowest BCUT2D eigenvalue weighted by atomic mass is 10.0. The van der Waals surface area contributed by atoms with Crippen LogP contribution in [-0.2, 0) is 11.5 Å². The predicted molar refractivity (Wildman–Crippen MR) is 196 cm³/mol. The molecule has 0 bridgehead atoms. The Morgan fingerprint density at radius 1 is 0.520 bits per heavy atom. The van der Waals surface area contributed by atoms with Crippen molar-refractivity contribution in [3.8, 4) is 11.5 Å². The molecule has 50 heavy (non-hydrogen) atoms. The predicted octanol–water partition coefficient (Wildman–Crippen LogP) is 9.77. The minimum atomic E-state index is -0.519. The molecular formula is C43H34N2O5. The van der Waals surface area contributed by atoms with E-state index in [9.17, 15) is 9.59 Å². The van der Waals surface area contributed by atoms with Crippen LogP contribution in [0, 0.1) is 13.8 Å². The van der Waals surface area contributed by atoms with Crippen molar-refractivity contribution in [2.75, 3.05) is 0 Å². The molecule has 0 radical (unpaired) electrons. The molecule has 0 amide bonds. The summed E-state index contributed by atoms with van der Waals surface area (Å²) >= 11 is 0. The number of benzene rings is 6. The van der Waals surface area contributed by atoms with E-state index in [0.717, 1.165) is 28.1 Å². The van der Waals surface area contributed by atoms with Gasteiger partial charge in [-0.1, -0.05) is 71.8 Å². The van der Waals surface area contributed by atoms with Gasteiger partial charge in [-0.3, -0.25) is 14.8 Å². The van der Waals surface area contributed by atoms with Gasteiger partial charge in [-0.25, -0.2) is 4.79 Å². The second kappa shape index (κ2) is 16.1. The molecule has 0 saturated carbocycles. The Kier molecular flexibility index (Phi) is 10.8. The highest BCUT2D eigenvalue weighted by atomic mass is 17.2. The monoisotopic (exact) mass is 658 g/mol. The van der Waals surface area contributed by atoms with E-state index in [4.69, 9.17) is 14.5 Å². The van der Waals surface area contributed by atoms with E-state index in [1.54, 1.807) is 66.9 Å². The maximum atomic E-state index is 13.1. The number of aryl methyl sites for hydroxylation is 2. The Morgan fingerprint density at radius 3 is 1.48 bits per heavy atom. The molecule has 0 heterocycles. The standard InChI is InChI=1S/C43H34N2O5/c1-30-3-19-38(20-4-30)44-27-32-7-9-34(10-8-32)29-48-50-41-25-17-36(18-26-41)42(46)35-13-15-37(16-14-35)43(47)49-40-23-11-33(12-24-40)28-45-39-21-5-31(2)6-22-39/h3-28H,29H2,1-2H3. The van der Waals surface area contributed by atoms with E-state index >= 15 is 0 Å². The van der Waals surface area contributed by atoms with Gasteiger partial charge in [0.25, 0.3) is 0 Å².